The van der Waals surface area contributed by atoms with Crippen LogP contribution in [0.1, 0.15) is 111 Å². The Morgan fingerprint density at radius 3 is 2.28 bits per heavy atom. The zero-order chi connectivity index (χ0) is 25.9. The third-order valence-electron chi connectivity index (χ3n) is 8.06. The molecule has 1 heterocycles. The molecule has 2 fully saturated rings. The fraction of sp³-hybridized carbons (Fsp3) is 0.733. The van der Waals surface area contributed by atoms with Crippen LogP contribution >= 0.6 is 0 Å². The molecular formula is C30H49N3O3. The van der Waals surface area contributed by atoms with Gasteiger partial charge in [0.25, 0.3) is 11.8 Å². The lowest BCUT2D eigenvalue weighted by Crippen LogP contribution is -2.50. The lowest BCUT2D eigenvalue weighted by Gasteiger charge is -2.33. The van der Waals surface area contributed by atoms with Gasteiger partial charge in [-0.2, -0.15) is 0 Å². The van der Waals surface area contributed by atoms with Crippen LogP contribution in [0.25, 0.3) is 0 Å². The maximum absolute atomic E-state index is 13.0. The number of rotatable bonds is 12. The van der Waals surface area contributed by atoms with Gasteiger partial charge in [0.1, 0.15) is 0 Å². The van der Waals surface area contributed by atoms with Gasteiger partial charge in [0.05, 0.1) is 6.10 Å². The third-order valence-corrected chi connectivity index (χ3v) is 8.06. The molecule has 2 aliphatic rings. The molecule has 1 aliphatic heterocycles. The second kappa shape index (κ2) is 14.7. The zero-order valence-corrected chi connectivity index (χ0v) is 22.9. The number of hydrogen-bond acceptors (Lipinski definition) is 4. The van der Waals surface area contributed by atoms with E-state index in [0.29, 0.717) is 30.1 Å². The summed E-state index contributed by atoms with van der Waals surface area (Å²) in [6.07, 6.45) is 13.0. The zero-order valence-electron chi connectivity index (χ0n) is 22.9. The van der Waals surface area contributed by atoms with Crippen LogP contribution in [0.15, 0.2) is 18.2 Å². The number of hydrogen-bond donors (Lipinski definition) is 3. The molecule has 202 valence electrons. The number of amides is 2. The number of carbonyl (C=O) groups is 2. The first-order valence-corrected chi connectivity index (χ1v) is 14.5. The fourth-order valence-corrected chi connectivity index (χ4v) is 5.98. The first-order valence-electron chi connectivity index (χ1n) is 14.5. The van der Waals surface area contributed by atoms with E-state index in [2.05, 4.69) is 24.5 Å². The molecule has 6 heteroatoms. The minimum Gasteiger partial charge on any atom is -0.390 e. The standard InChI is InChI=1S/C30H49N3O3/c1-4-15-33(16-5-2)30(36)26-18-22(3)17-25(19-26)29(35)32-21-28(34)27-14-13-24(20-31-27)12-11-23-9-7-6-8-10-23/h17-19,23-24,27-28,31,34H,4-16,20-21H2,1-3H3,(H,32,35)/t24?,27?,28-/m0/s1. The van der Waals surface area contributed by atoms with Crippen LogP contribution in [0.3, 0.4) is 0 Å². The van der Waals surface area contributed by atoms with Gasteiger partial charge in [0.15, 0.2) is 0 Å². The van der Waals surface area contributed by atoms with Gasteiger partial charge in [-0.1, -0.05) is 52.4 Å². The highest BCUT2D eigenvalue weighted by molar-refractivity contribution is 6.00. The van der Waals surface area contributed by atoms with Crippen molar-refractivity contribution in [1.82, 2.24) is 15.5 Å². The van der Waals surface area contributed by atoms with Crippen molar-refractivity contribution in [1.29, 1.82) is 0 Å². The summed E-state index contributed by atoms with van der Waals surface area (Å²) < 4.78 is 0. The Morgan fingerprint density at radius 2 is 1.64 bits per heavy atom. The molecule has 1 saturated carbocycles. The first-order chi connectivity index (χ1) is 17.4. The van der Waals surface area contributed by atoms with E-state index in [1.54, 1.807) is 12.1 Å². The van der Waals surface area contributed by atoms with Crippen LogP contribution in [-0.4, -0.2) is 60.1 Å². The molecule has 1 aromatic carbocycles. The highest BCUT2D eigenvalue weighted by atomic mass is 16.3. The first kappa shape index (κ1) is 28.6. The van der Waals surface area contributed by atoms with E-state index >= 15 is 0 Å². The van der Waals surface area contributed by atoms with Crippen LogP contribution in [0.5, 0.6) is 0 Å². The van der Waals surface area contributed by atoms with Crippen molar-refractivity contribution in [2.24, 2.45) is 11.8 Å². The van der Waals surface area contributed by atoms with Crippen molar-refractivity contribution in [3.8, 4) is 0 Å². The van der Waals surface area contributed by atoms with Gasteiger partial charge in [-0.05, 0) is 81.2 Å². The average molecular weight is 500 g/mol. The molecule has 2 unspecified atom stereocenters. The van der Waals surface area contributed by atoms with Crippen LogP contribution in [0.4, 0.5) is 0 Å². The highest BCUT2D eigenvalue weighted by Gasteiger charge is 2.27. The van der Waals surface area contributed by atoms with Crippen molar-refractivity contribution in [2.45, 2.75) is 104 Å². The van der Waals surface area contributed by atoms with E-state index in [0.717, 1.165) is 43.7 Å². The Bertz CT molecular complexity index is 823. The van der Waals surface area contributed by atoms with Crippen molar-refractivity contribution >= 4 is 11.8 Å². The monoisotopic (exact) mass is 499 g/mol. The van der Waals surface area contributed by atoms with Crippen LogP contribution in [0.2, 0.25) is 0 Å². The summed E-state index contributed by atoms with van der Waals surface area (Å²) in [7, 11) is 0. The normalized spacial score (nSPS) is 21.7. The number of benzene rings is 1. The summed E-state index contributed by atoms with van der Waals surface area (Å²) in [5.41, 5.74) is 1.90. The number of aryl methyl sites for hydroxylation is 1. The van der Waals surface area contributed by atoms with Gasteiger partial charge in [0.2, 0.25) is 0 Å². The second-order valence-corrected chi connectivity index (χ2v) is 11.2. The average Bonchev–Trinajstić information content (AvgIpc) is 2.90. The van der Waals surface area contributed by atoms with Crippen LogP contribution in [-0.2, 0) is 0 Å². The molecule has 1 aromatic rings. The molecule has 1 aliphatic carbocycles. The molecule has 0 aromatic heterocycles. The number of piperidine rings is 1. The summed E-state index contributed by atoms with van der Waals surface area (Å²) in [5, 5.41) is 17.2. The Morgan fingerprint density at radius 1 is 0.972 bits per heavy atom. The van der Waals surface area contributed by atoms with Gasteiger partial charge < -0.3 is 20.6 Å². The maximum atomic E-state index is 13.0. The number of aliphatic hydroxyl groups excluding tert-OH is 1. The molecule has 0 spiro atoms. The molecule has 1 saturated heterocycles. The summed E-state index contributed by atoms with van der Waals surface area (Å²) >= 11 is 0. The molecule has 0 radical (unpaired) electrons. The van der Waals surface area contributed by atoms with E-state index in [-0.39, 0.29) is 24.4 Å². The number of nitrogens with zero attached hydrogens (tertiary/aromatic N) is 1. The van der Waals surface area contributed by atoms with Crippen LogP contribution in [0, 0.1) is 18.8 Å². The quantitative estimate of drug-likeness (QED) is 0.375. The summed E-state index contributed by atoms with van der Waals surface area (Å²) in [5.74, 6) is 1.36. The fourth-order valence-electron chi connectivity index (χ4n) is 5.98. The smallest absolute Gasteiger partial charge is 0.253 e. The second-order valence-electron chi connectivity index (χ2n) is 11.2. The van der Waals surface area contributed by atoms with Gasteiger partial charge in [-0.15, -0.1) is 0 Å². The molecular weight excluding hydrogens is 450 g/mol. The largest absolute Gasteiger partial charge is 0.390 e. The molecule has 3 rings (SSSR count). The van der Waals surface area contributed by atoms with Crippen LogP contribution < -0.4 is 10.6 Å². The van der Waals surface area contributed by atoms with Crippen molar-refractivity contribution in [3.63, 3.8) is 0 Å². The lowest BCUT2D eigenvalue weighted by molar-refractivity contribution is 0.0755. The molecule has 0 bridgehead atoms. The third kappa shape index (κ3) is 8.58. The molecule has 2 amide bonds. The Balaban J connectivity index is 1.46. The summed E-state index contributed by atoms with van der Waals surface area (Å²) in [4.78, 5) is 27.8. The van der Waals surface area contributed by atoms with Gasteiger partial charge >= 0.3 is 0 Å². The minimum atomic E-state index is -0.622. The Labute approximate surface area is 218 Å². The van der Waals surface area contributed by atoms with E-state index in [4.69, 9.17) is 0 Å². The topological polar surface area (TPSA) is 81.7 Å². The van der Waals surface area contributed by atoms with Gasteiger partial charge in [0, 0.05) is 36.8 Å². The molecule has 3 N–H and O–H groups in total. The Hall–Kier alpha value is -1.92. The maximum Gasteiger partial charge on any atom is 0.253 e. The van der Waals surface area contributed by atoms with Crippen molar-refractivity contribution < 1.29 is 14.7 Å². The number of carbonyl (C=O) groups excluding carboxylic acids is 2. The summed E-state index contributed by atoms with van der Waals surface area (Å²) in [6, 6.07) is 5.36. The number of aliphatic hydroxyl groups is 1. The van der Waals surface area contributed by atoms with E-state index in [1.807, 2.05) is 17.9 Å². The molecule has 36 heavy (non-hydrogen) atoms. The van der Waals surface area contributed by atoms with Gasteiger partial charge in [-0.3, -0.25) is 9.59 Å². The highest BCUT2D eigenvalue weighted by Crippen LogP contribution is 2.30. The lowest BCUT2D eigenvalue weighted by atomic mass is 9.82. The number of nitrogens with one attached hydrogen (secondary N) is 2. The van der Waals surface area contributed by atoms with E-state index in [9.17, 15) is 14.7 Å². The van der Waals surface area contributed by atoms with Crippen molar-refractivity contribution in [2.75, 3.05) is 26.2 Å². The minimum absolute atomic E-state index is 0.0162. The predicted octanol–water partition coefficient (Wildman–Crippen LogP) is 5.08. The van der Waals surface area contributed by atoms with Gasteiger partial charge in [-0.25, -0.2) is 0 Å². The Kier molecular flexibility index (Phi) is 11.7. The predicted molar refractivity (Wildman–Crippen MR) is 146 cm³/mol. The SMILES string of the molecule is CCCN(CCC)C(=O)c1cc(C)cc(C(=O)NC[C@H](O)C2CCC(CCC3CCCCC3)CN2)c1. The summed E-state index contributed by atoms with van der Waals surface area (Å²) in [6.45, 7) is 8.62. The molecule has 6 nitrogen and oxygen atoms in total. The van der Waals surface area contributed by atoms with Crippen molar-refractivity contribution in [3.05, 3.63) is 34.9 Å². The van der Waals surface area contributed by atoms with E-state index < -0.39 is 6.10 Å². The molecule has 3 atom stereocenters. The van der Waals surface area contributed by atoms with E-state index in [1.165, 1.54) is 44.9 Å².